The maximum absolute atomic E-state index is 13.7. The van der Waals surface area contributed by atoms with E-state index in [4.69, 9.17) is 9.15 Å². The van der Waals surface area contributed by atoms with E-state index in [1.165, 1.54) is 12.0 Å². The summed E-state index contributed by atoms with van der Waals surface area (Å²) in [5.74, 6) is -1.33. The summed E-state index contributed by atoms with van der Waals surface area (Å²) in [6, 6.07) is 18.6. The van der Waals surface area contributed by atoms with Gasteiger partial charge in [0.05, 0.1) is 31.0 Å². The van der Waals surface area contributed by atoms with Crippen molar-refractivity contribution >= 4 is 38.6 Å². The highest BCUT2D eigenvalue weighted by molar-refractivity contribution is 9.10. The molecular weight excluding hydrogens is 500 g/mol. The molecule has 0 bridgehead atoms. The number of hydrogen-bond acceptors (Lipinski definition) is 6. The van der Waals surface area contributed by atoms with Gasteiger partial charge in [-0.05, 0) is 42.5 Å². The van der Waals surface area contributed by atoms with E-state index in [-0.39, 0.29) is 17.9 Å². The number of ether oxygens (including phenoxy) is 1. The van der Waals surface area contributed by atoms with E-state index in [1.54, 1.807) is 54.7 Å². The minimum Gasteiger partial charge on any atom is -0.503 e. The quantitative estimate of drug-likeness (QED) is 0.344. The molecule has 3 heterocycles. The fourth-order valence-corrected chi connectivity index (χ4v) is 4.57. The molecule has 8 heteroatoms. The minimum absolute atomic E-state index is 0.0297. The van der Waals surface area contributed by atoms with Crippen LogP contribution in [0, 0.1) is 0 Å². The molecule has 2 aromatic heterocycles. The zero-order chi connectivity index (χ0) is 23.8. The second-order valence-corrected chi connectivity index (χ2v) is 8.70. The predicted octanol–water partition coefficient (Wildman–Crippen LogP) is 5.38. The number of carbonyl (C=O) groups is 2. The van der Waals surface area contributed by atoms with Crippen LogP contribution in [0.25, 0.3) is 11.0 Å². The monoisotopic (exact) mass is 518 g/mol. The molecule has 0 aliphatic carbocycles. The first-order valence-corrected chi connectivity index (χ1v) is 11.3. The second-order valence-electron chi connectivity index (χ2n) is 7.78. The third-order valence-electron chi connectivity index (χ3n) is 5.74. The van der Waals surface area contributed by atoms with Crippen LogP contribution in [0.3, 0.4) is 0 Å². The van der Waals surface area contributed by atoms with Crippen LogP contribution in [0.4, 0.5) is 0 Å². The maximum atomic E-state index is 13.7. The third kappa shape index (κ3) is 3.76. The molecule has 0 saturated carbocycles. The molecule has 0 fully saturated rings. The molecule has 0 spiro atoms. The minimum atomic E-state index is -0.891. The first-order valence-electron chi connectivity index (χ1n) is 10.5. The molecule has 5 rings (SSSR count). The second kappa shape index (κ2) is 8.79. The number of methoxy groups -OCH3 is 1. The predicted molar refractivity (Wildman–Crippen MR) is 128 cm³/mol. The van der Waals surface area contributed by atoms with Gasteiger partial charge in [0, 0.05) is 21.6 Å². The zero-order valence-corrected chi connectivity index (χ0v) is 19.7. The van der Waals surface area contributed by atoms with Gasteiger partial charge in [-0.25, -0.2) is 0 Å². The number of nitrogens with zero attached hydrogens (tertiary/aromatic N) is 2. The summed E-state index contributed by atoms with van der Waals surface area (Å²) in [5, 5.41) is 11.6. The highest BCUT2D eigenvalue weighted by Gasteiger charge is 2.45. The molecule has 1 aliphatic heterocycles. The van der Waals surface area contributed by atoms with Crippen LogP contribution in [-0.2, 0) is 11.3 Å². The Bertz CT molecular complexity index is 1440. The van der Waals surface area contributed by atoms with Gasteiger partial charge >= 0.3 is 0 Å². The summed E-state index contributed by atoms with van der Waals surface area (Å²) in [7, 11) is 1.51. The van der Waals surface area contributed by atoms with Gasteiger partial charge in [0.1, 0.15) is 11.3 Å². The summed E-state index contributed by atoms with van der Waals surface area (Å²) in [6.45, 7) is 0.0936. The van der Waals surface area contributed by atoms with Gasteiger partial charge in [-0.3, -0.25) is 14.6 Å². The Balaban J connectivity index is 1.63. The largest absolute Gasteiger partial charge is 0.503 e. The number of halogens is 1. The number of aromatic nitrogens is 1. The number of amides is 1. The van der Waals surface area contributed by atoms with E-state index in [0.29, 0.717) is 22.6 Å². The van der Waals surface area contributed by atoms with Crippen molar-refractivity contribution < 1.29 is 23.8 Å². The fraction of sp³-hybridized carbons (Fsp3) is 0.115. The average molecular weight is 519 g/mol. The van der Waals surface area contributed by atoms with Gasteiger partial charge in [-0.2, -0.15) is 0 Å². The van der Waals surface area contributed by atoms with Crippen LogP contribution < -0.4 is 4.74 Å². The maximum Gasteiger partial charge on any atom is 0.290 e. The molecule has 1 N–H and O–H groups in total. The molecule has 1 amide bonds. The smallest absolute Gasteiger partial charge is 0.290 e. The molecule has 34 heavy (non-hydrogen) atoms. The van der Waals surface area contributed by atoms with E-state index in [1.807, 2.05) is 18.2 Å². The van der Waals surface area contributed by atoms with E-state index in [0.717, 1.165) is 9.86 Å². The Morgan fingerprint density at radius 1 is 1.15 bits per heavy atom. The Labute approximate surface area is 203 Å². The SMILES string of the molecule is COc1ccccc1C1C(C(=O)c2cc3cc(Br)ccc3o2)=C(O)C(=O)N1Cc1ccccn1. The molecule has 1 aliphatic rings. The van der Waals surface area contributed by atoms with Crippen LogP contribution in [0.2, 0.25) is 0 Å². The summed E-state index contributed by atoms with van der Waals surface area (Å²) in [6.07, 6.45) is 1.62. The number of furan rings is 1. The van der Waals surface area contributed by atoms with Gasteiger partial charge in [0.2, 0.25) is 5.78 Å². The van der Waals surface area contributed by atoms with Crippen LogP contribution in [0.1, 0.15) is 27.9 Å². The van der Waals surface area contributed by atoms with Gasteiger partial charge in [-0.15, -0.1) is 0 Å². The van der Waals surface area contributed by atoms with Crippen molar-refractivity contribution in [2.75, 3.05) is 7.11 Å². The van der Waals surface area contributed by atoms with Gasteiger partial charge < -0.3 is 19.2 Å². The highest BCUT2D eigenvalue weighted by Crippen LogP contribution is 2.43. The molecule has 1 unspecified atom stereocenters. The number of para-hydroxylation sites is 1. The summed E-state index contributed by atoms with van der Waals surface area (Å²) in [5.41, 5.74) is 1.64. The summed E-state index contributed by atoms with van der Waals surface area (Å²) >= 11 is 3.41. The van der Waals surface area contributed by atoms with Crippen molar-refractivity contribution in [1.29, 1.82) is 0 Å². The lowest BCUT2D eigenvalue weighted by Gasteiger charge is -2.27. The number of rotatable bonds is 6. The van der Waals surface area contributed by atoms with Crippen molar-refractivity contribution in [2.24, 2.45) is 0 Å². The lowest BCUT2D eigenvalue weighted by molar-refractivity contribution is -0.130. The van der Waals surface area contributed by atoms with Crippen LogP contribution in [0.5, 0.6) is 5.75 Å². The van der Waals surface area contributed by atoms with Crippen molar-refractivity contribution in [3.8, 4) is 5.75 Å². The standard InChI is InChI=1S/C26H19BrN2O5/c1-33-20-8-3-2-7-18(20)23-22(24(30)21-13-15-12-16(27)9-10-19(15)34-21)25(31)26(32)29(23)14-17-6-4-5-11-28-17/h2-13,23,31H,14H2,1H3. The molecule has 2 aromatic carbocycles. The number of benzene rings is 2. The zero-order valence-electron chi connectivity index (χ0n) is 18.1. The Morgan fingerprint density at radius 2 is 1.94 bits per heavy atom. The van der Waals surface area contributed by atoms with E-state index in [2.05, 4.69) is 20.9 Å². The number of pyridine rings is 1. The number of aliphatic hydroxyl groups is 1. The molecule has 4 aromatic rings. The fourth-order valence-electron chi connectivity index (χ4n) is 4.19. The van der Waals surface area contributed by atoms with E-state index < -0.39 is 23.5 Å². The third-order valence-corrected chi connectivity index (χ3v) is 6.24. The molecule has 1 atom stereocenters. The van der Waals surface area contributed by atoms with Crippen molar-refractivity contribution in [1.82, 2.24) is 9.88 Å². The van der Waals surface area contributed by atoms with Crippen LogP contribution in [-0.4, -0.2) is 33.8 Å². The topological polar surface area (TPSA) is 92.9 Å². The van der Waals surface area contributed by atoms with Crippen LogP contribution >= 0.6 is 15.9 Å². The van der Waals surface area contributed by atoms with E-state index in [9.17, 15) is 14.7 Å². The number of fused-ring (bicyclic) bond motifs is 1. The number of Topliss-reactive ketones (excluding diaryl/α,β-unsaturated/α-hetero) is 1. The number of ketones is 1. The van der Waals surface area contributed by atoms with Gasteiger partial charge in [0.15, 0.2) is 11.5 Å². The lowest BCUT2D eigenvalue weighted by atomic mass is 9.94. The first kappa shape index (κ1) is 21.9. The van der Waals surface area contributed by atoms with Crippen molar-refractivity contribution in [3.63, 3.8) is 0 Å². The normalized spacial score (nSPS) is 15.9. The molecule has 0 radical (unpaired) electrons. The number of hydrogen-bond donors (Lipinski definition) is 1. The lowest BCUT2D eigenvalue weighted by Crippen LogP contribution is -2.31. The Kier molecular flexibility index (Phi) is 5.67. The highest BCUT2D eigenvalue weighted by atomic mass is 79.9. The molecule has 170 valence electrons. The molecule has 7 nitrogen and oxygen atoms in total. The Hall–Kier alpha value is -3.91. The first-order chi connectivity index (χ1) is 16.5. The molecular formula is C26H19BrN2O5. The summed E-state index contributed by atoms with van der Waals surface area (Å²) < 4.78 is 12.1. The Morgan fingerprint density at radius 3 is 2.71 bits per heavy atom. The van der Waals surface area contributed by atoms with Crippen LogP contribution in [0.15, 0.2) is 93.1 Å². The van der Waals surface area contributed by atoms with Crippen molar-refractivity contribution in [3.05, 3.63) is 106 Å². The summed E-state index contributed by atoms with van der Waals surface area (Å²) in [4.78, 5) is 32.6. The van der Waals surface area contributed by atoms with E-state index >= 15 is 0 Å². The van der Waals surface area contributed by atoms with Gasteiger partial charge in [-0.1, -0.05) is 40.2 Å². The average Bonchev–Trinajstić information content (AvgIpc) is 3.38. The molecule has 0 saturated heterocycles. The van der Waals surface area contributed by atoms with Crippen molar-refractivity contribution in [2.45, 2.75) is 12.6 Å². The number of carbonyl (C=O) groups excluding carboxylic acids is 2. The van der Waals surface area contributed by atoms with Gasteiger partial charge in [0.25, 0.3) is 5.91 Å². The number of aliphatic hydroxyl groups excluding tert-OH is 1.